The third-order valence-electron chi connectivity index (χ3n) is 2.48. The van der Waals surface area contributed by atoms with Crippen LogP contribution in [0.2, 0.25) is 0 Å². The monoisotopic (exact) mass is 259 g/mol. The second-order valence-corrected chi connectivity index (χ2v) is 4.61. The predicted molar refractivity (Wildman–Crippen MR) is 70.2 cm³/mol. The van der Waals surface area contributed by atoms with Gasteiger partial charge in [0, 0.05) is 18.1 Å². The van der Waals surface area contributed by atoms with Gasteiger partial charge in [-0.2, -0.15) is 5.10 Å². The molecular formula is C11H9N5OS. The lowest BCUT2D eigenvalue weighted by molar-refractivity contribution is 0.784. The summed E-state index contributed by atoms with van der Waals surface area (Å²) in [4.78, 5) is 23.8. The highest BCUT2D eigenvalue weighted by Gasteiger charge is 2.06. The van der Waals surface area contributed by atoms with Gasteiger partial charge in [-0.25, -0.2) is 4.98 Å². The number of H-pyrrole nitrogens is 1. The van der Waals surface area contributed by atoms with Crippen LogP contribution in [-0.2, 0) is 7.05 Å². The Balaban J connectivity index is 2.07. The number of aromatic amines is 1. The van der Waals surface area contributed by atoms with Crippen molar-refractivity contribution in [3.05, 3.63) is 39.0 Å². The number of rotatable bonds is 2. The molecular weight excluding hydrogens is 250 g/mol. The molecule has 3 heterocycles. The van der Waals surface area contributed by atoms with Crippen molar-refractivity contribution in [3.63, 3.8) is 0 Å². The van der Waals surface area contributed by atoms with Crippen molar-refractivity contribution >= 4 is 34.5 Å². The number of thiazole rings is 1. The van der Waals surface area contributed by atoms with Crippen LogP contribution in [0.5, 0.6) is 0 Å². The topological polar surface area (TPSA) is 76.5 Å². The maximum Gasteiger partial charge on any atom is 0.262 e. The van der Waals surface area contributed by atoms with E-state index in [4.69, 9.17) is 0 Å². The summed E-state index contributed by atoms with van der Waals surface area (Å²) in [7, 11) is 1.76. The van der Waals surface area contributed by atoms with Gasteiger partial charge in [-0.1, -0.05) is 0 Å². The number of fused-ring (bicyclic) bond motifs is 1. The van der Waals surface area contributed by atoms with E-state index in [1.165, 1.54) is 17.5 Å². The molecule has 18 heavy (non-hydrogen) atoms. The van der Waals surface area contributed by atoms with Crippen LogP contribution >= 0.6 is 11.3 Å². The first kappa shape index (κ1) is 10.8. The van der Waals surface area contributed by atoms with E-state index in [9.17, 15) is 4.79 Å². The fourth-order valence-corrected chi connectivity index (χ4v) is 2.11. The molecule has 90 valence electrons. The van der Waals surface area contributed by atoms with Gasteiger partial charge in [0.1, 0.15) is 11.2 Å². The van der Waals surface area contributed by atoms with E-state index in [1.807, 2.05) is 6.08 Å². The lowest BCUT2D eigenvalue weighted by Crippen LogP contribution is -2.09. The van der Waals surface area contributed by atoms with Crippen LogP contribution in [0, 0.1) is 0 Å². The maximum atomic E-state index is 11.8. The SMILES string of the molecule is Cn1ncc2c(=O)[nH]c(/C=C/c3cncs3)nc21. The zero-order valence-corrected chi connectivity index (χ0v) is 10.3. The molecule has 0 fully saturated rings. The van der Waals surface area contributed by atoms with E-state index in [-0.39, 0.29) is 5.56 Å². The molecule has 0 amide bonds. The summed E-state index contributed by atoms with van der Waals surface area (Å²) in [5.74, 6) is 0.504. The highest BCUT2D eigenvalue weighted by molar-refractivity contribution is 7.10. The Morgan fingerprint density at radius 2 is 2.28 bits per heavy atom. The number of nitrogens with zero attached hydrogens (tertiary/aromatic N) is 4. The molecule has 3 aromatic rings. The molecule has 3 rings (SSSR count). The zero-order chi connectivity index (χ0) is 12.5. The van der Waals surface area contributed by atoms with Crippen LogP contribution in [0.15, 0.2) is 22.7 Å². The van der Waals surface area contributed by atoms with Crippen LogP contribution in [0.1, 0.15) is 10.7 Å². The highest BCUT2D eigenvalue weighted by atomic mass is 32.1. The summed E-state index contributed by atoms with van der Waals surface area (Å²) in [6.07, 6.45) is 6.87. The minimum absolute atomic E-state index is 0.183. The Morgan fingerprint density at radius 1 is 1.39 bits per heavy atom. The first-order chi connectivity index (χ1) is 8.74. The lowest BCUT2D eigenvalue weighted by Gasteiger charge is -1.95. The molecule has 1 N–H and O–H groups in total. The first-order valence-corrected chi connectivity index (χ1v) is 6.10. The molecule has 0 spiro atoms. The van der Waals surface area contributed by atoms with Crippen molar-refractivity contribution in [1.82, 2.24) is 24.7 Å². The Labute approximate surface area is 106 Å². The van der Waals surface area contributed by atoms with Crippen molar-refractivity contribution in [2.24, 2.45) is 7.05 Å². The third-order valence-corrected chi connectivity index (χ3v) is 3.22. The quantitative estimate of drug-likeness (QED) is 0.752. The third kappa shape index (κ3) is 1.84. The summed E-state index contributed by atoms with van der Waals surface area (Å²) < 4.78 is 1.58. The van der Waals surface area contributed by atoms with Gasteiger partial charge in [0.2, 0.25) is 0 Å². The van der Waals surface area contributed by atoms with Gasteiger partial charge in [0.05, 0.1) is 11.7 Å². The molecule has 0 saturated carbocycles. The number of aromatic nitrogens is 5. The summed E-state index contributed by atoms with van der Waals surface area (Å²) in [6.45, 7) is 0. The lowest BCUT2D eigenvalue weighted by atomic mass is 10.4. The van der Waals surface area contributed by atoms with Crippen LogP contribution < -0.4 is 5.56 Å². The molecule has 0 saturated heterocycles. The number of hydrogen-bond acceptors (Lipinski definition) is 5. The Kier molecular flexibility index (Phi) is 2.52. The average Bonchev–Trinajstić information content (AvgIpc) is 2.98. The Bertz CT molecular complexity index is 768. The normalized spacial score (nSPS) is 11.6. The van der Waals surface area contributed by atoms with Gasteiger partial charge in [0.15, 0.2) is 5.65 Å². The van der Waals surface area contributed by atoms with E-state index in [0.717, 1.165) is 4.88 Å². The number of hydrogen-bond donors (Lipinski definition) is 1. The van der Waals surface area contributed by atoms with Crippen molar-refractivity contribution in [3.8, 4) is 0 Å². The van der Waals surface area contributed by atoms with Crippen molar-refractivity contribution in [2.75, 3.05) is 0 Å². The molecule has 0 aromatic carbocycles. The van der Waals surface area contributed by atoms with Crippen LogP contribution in [0.4, 0.5) is 0 Å². The van der Waals surface area contributed by atoms with E-state index in [0.29, 0.717) is 16.9 Å². The smallest absolute Gasteiger partial charge is 0.262 e. The maximum absolute atomic E-state index is 11.8. The van der Waals surface area contributed by atoms with Gasteiger partial charge < -0.3 is 4.98 Å². The summed E-state index contributed by atoms with van der Waals surface area (Å²) in [5, 5.41) is 4.50. The van der Waals surface area contributed by atoms with E-state index in [2.05, 4.69) is 20.1 Å². The van der Waals surface area contributed by atoms with Gasteiger partial charge >= 0.3 is 0 Å². The Hall–Kier alpha value is -2.28. The second kappa shape index (κ2) is 4.19. The summed E-state index contributed by atoms with van der Waals surface area (Å²) >= 11 is 1.52. The molecule has 0 bridgehead atoms. The van der Waals surface area contributed by atoms with Crippen molar-refractivity contribution < 1.29 is 0 Å². The van der Waals surface area contributed by atoms with E-state index in [1.54, 1.807) is 29.5 Å². The average molecular weight is 259 g/mol. The van der Waals surface area contributed by atoms with Crippen molar-refractivity contribution in [2.45, 2.75) is 0 Å². The number of nitrogens with one attached hydrogen (secondary N) is 1. The molecule has 0 aliphatic heterocycles. The van der Waals surface area contributed by atoms with Crippen LogP contribution in [0.25, 0.3) is 23.2 Å². The van der Waals surface area contributed by atoms with Crippen LogP contribution in [-0.4, -0.2) is 24.7 Å². The molecule has 0 aliphatic carbocycles. The van der Waals surface area contributed by atoms with Gasteiger partial charge in [0.25, 0.3) is 5.56 Å². The molecule has 7 heteroatoms. The summed E-state index contributed by atoms with van der Waals surface area (Å²) in [5.41, 5.74) is 2.14. The van der Waals surface area contributed by atoms with Crippen LogP contribution in [0.3, 0.4) is 0 Å². The van der Waals surface area contributed by atoms with E-state index < -0.39 is 0 Å². The number of aryl methyl sites for hydroxylation is 1. The zero-order valence-electron chi connectivity index (χ0n) is 9.49. The first-order valence-electron chi connectivity index (χ1n) is 5.22. The van der Waals surface area contributed by atoms with Gasteiger partial charge in [-0.05, 0) is 12.2 Å². The molecule has 0 atom stereocenters. The molecule has 6 nitrogen and oxygen atoms in total. The van der Waals surface area contributed by atoms with Gasteiger partial charge in [-0.15, -0.1) is 11.3 Å². The predicted octanol–water partition coefficient (Wildman–Crippen LogP) is 1.28. The van der Waals surface area contributed by atoms with Crippen molar-refractivity contribution in [1.29, 1.82) is 0 Å². The molecule has 0 unspecified atom stereocenters. The fourth-order valence-electron chi connectivity index (χ4n) is 1.60. The van der Waals surface area contributed by atoms with E-state index >= 15 is 0 Å². The molecule has 0 aliphatic rings. The van der Waals surface area contributed by atoms with Gasteiger partial charge in [-0.3, -0.25) is 14.5 Å². The molecule has 3 aromatic heterocycles. The minimum atomic E-state index is -0.183. The second-order valence-electron chi connectivity index (χ2n) is 3.69. The standard InChI is InChI=1S/C11H9N5OS/c1-16-10-8(5-13-16)11(17)15-9(14-10)3-2-7-4-12-6-18-7/h2-6H,1H3,(H,14,15,17)/b3-2+. The largest absolute Gasteiger partial charge is 0.306 e. The minimum Gasteiger partial charge on any atom is -0.306 e. The molecule has 0 radical (unpaired) electrons. The Morgan fingerprint density at radius 3 is 3.06 bits per heavy atom. The highest BCUT2D eigenvalue weighted by Crippen LogP contribution is 2.10. The summed E-state index contributed by atoms with van der Waals surface area (Å²) in [6, 6.07) is 0. The fraction of sp³-hybridized carbons (Fsp3) is 0.0909.